The van der Waals surface area contributed by atoms with Gasteiger partial charge < -0.3 is 11.1 Å². The average molecular weight is 338 g/mol. The summed E-state index contributed by atoms with van der Waals surface area (Å²) in [5.74, 6) is -6.29. The minimum absolute atomic E-state index is 0.360. The number of rotatable bonds is 7. The van der Waals surface area contributed by atoms with E-state index in [0.29, 0.717) is 12.8 Å². The number of nitriles is 1. The van der Waals surface area contributed by atoms with Crippen LogP contribution < -0.4 is 11.1 Å². The van der Waals surface area contributed by atoms with Crippen molar-refractivity contribution in [1.82, 2.24) is 5.32 Å². The zero-order valence-corrected chi connectivity index (χ0v) is 12.6. The number of hydrogen-bond donors (Lipinski definition) is 2. The molecule has 0 unspecified atom stereocenters. The van der Waals surface area contributed by atoms with Gasteiger partial charge in [0.05, 0.1) is 18.1 Å². The van der Waals surface area contributed by atoms with Crippen LogP contribution in [0.15, 0.2) is 18.2 Å². The second-order valence-corrected chi connectivity index (χ2v) is 5.77. The number of benzene rings is 1. The zero-order valence-electron chi connectivity index (χ0n) is 12.6. The van der Waals surface area contributed by atoms with Gasteiger partial charge in [0.15, 0.2) is 0 Å². The quantitative estimate of drug-likeness (QED) is 0.794. The van der Waals surface area contributed by atoms with Crippen molar-refractivity contribution < 1.29 is 22.8 Å². The molecule has 0 heterocycles. The molecule has 8 heteroatoms. The van der Waals surface area contributed by atoms with Crippen LogP contribution in [-0.2, 0) is 11.2 Å². The Morgan fingerprint density at radius 3 is 2.62 bits per heavy atom. The van der Waals surface area contributed by atoms with Crippen molar-refractivity contribution in [2.45, 2.75) is 37.1 Å². The lowest BCUT2D eigenvalue weighted by atomic mass is 10.00. The van der Waals surface area contributed by atoms with Crippen LogP contribution in [0.25, 0.3) is 0 Å². The number of carbonyl (C=O) groups is 2. The van der Waals surface area contributed by atoms with Crippen molar-refractivity contribution in [3.8, 4) is 6.07 Å². The van der Waals surface area contributed by atoms with Crippen LogP contribution in [0.4, 0.5) is 13.2 Å². The summed E-state index contributed by atoms with van der Waals surface area (Å²) >= 11 is 0. The molecule has 0 saturated heterocycles. The van der Waals surface area contributed by atoms with Crippen LogP contribution >= 0.6 is 0 Å². The third-order valence-electron chi connectivity index (χ3n) is 3.71. The summed E-state index contributed by atoms with van der Waals surface area (Å²) in [4.78, 5) is 22.6. The van der Waals surface area contributed by atoms with Gasteiger partial charge in [0.2, 0.25) is 5.91 Å². The molecule has 1 fully saturated rings. The molecule has 1 aliphatic rings. The highest BCUT2D eigenvalue weighted by Crippen LogP contribution is 2.34. The molecule has 24 heavy (non-hydrogen) atoms. The Balaban J connectivity index is 1.96. The highest BCUT2D eigenvalue weighted by molar-refractivity contribution is 5.93. The highest BCUT2D eigenvalue weighted by atomic mass is 19.3. The third kappa shape index (κ3) is 4.25. The fourth-order valence-corrected chi connectivity index (χ4v) is 2.18. The molecular weight excluding hydrogens is 323 g/mol. The molecular formula is C16H15F3N3O2. The van der Waals surface area contributed by atoms with Crippen LogP contribution in [0.1, 0.15) is 35.2 Å². The molecule has 127 valence electrons. The van der Waals surface area contributed by atoms with E-state index in [1.807, 2.05) is 6.07 Å². The first kappa shape index (κ1) is 17.8. The van der Waals surface area contributed by atoms with Crippen molar-refractivity contribution >= 4 is 11.8 Å². The maximum atomic E-state index is 14.0. The van der Waals surface area contributed by atoms with E-state index in [1.165, 1.54) is 6.07 Å². The van der Waals surface area contributed by atoms with E-state index in [2.05, 4.69) is 5.32 Å². The number of alkyl halides is 2. The summed E-state index contributed by atoms with van der Waals surface area (Å²) in [5.41, 5.74) is 3.21. The summed E-state index contributed by atoms with van der Waals surface area (Å²) in [6.45, 7) is 0. The molecule has 5 nitrogen and oxygen atoms in total. The fourth-order valence-electron chi connectivity index (χ4n) is 2.18. The van der Waals surface area contributed by atoms with Crippen molar-refractivity contribution in [2.75, 3.05) is 0 Å². The first-order valence-corrected chi connectivity index (χ1v) is 7.20. The molecule has 1 saturated carbocycles. The van der Waals surface area contributed by atoms with Crippen molar-refractivity contribution in [3.63, 3.8) is 0 Å². The molecule has 2 amide bonds. The molecule has 2 rings (SSSR count). The average Bonchev–Trinajstić information content (AvgIpc) is 3.27. The molecule has 0 aromatic heterocycles. The van der Waals surface area contributed by atoms with Gasteiger partial charge in [0, 0.05) is 12.8 Å². The lowest BCUT2D eigenvalue weighted by molar-refractivity contribution is -0.119. The van der Waals surface area contributed by atoms with Crippen LogP contribution in [0.5, 0.6) is 0 Å². The lowest BCUT2D eigenvalue weighted by Crippen LogP contribution is -2.37. The van der Waals surface area contributed by atoms with E-state index in [0.717, 1.165) is 18.6 Å². The first-order chi connectivity index (χ1) is 11.2. The largest absolute Gasteiger partial charge is 0.366 e. The number of carbonyl (C=O) groups excluding carboxylic acids is 2. The number of halogens is 3. The Labute approximate surface area is 136 Å². The van der Waals surface area contributed by atoms with Gasteiger partial charge in [-0.2, -0.15) is 5.26 Å². The standard InChI is InChI=1S/C16H15F3N3O2/c17-13-10(2-1-3-11(13)14(21)24)8-16(18,19)5-4-12(23)22-15(9-20)6-7-15/h1-4H,5-8H2,(H2,21,24)(H,22,23). The van der Waals surface area contributed by atoms with Gasteiger partial charge >= 0.3 is 0 Å². The number of hydrogen-bond acceptors (Lipinski definition) is 3. The van der Waals surface area contributed by atoms with Crippen LogP contribution in [-0.4, -0.2) is 23.3 Å². The van der Waals surface area contributed by atoms with Gasteiger partial charge in [-0.05, 0) is 24.5 Å². The highest BCUT2D eigenvalue weighted by Gasteiger charge is 2.45. The van der Waals surface area contributed by atoms with Gasteiger partial charge in [-0.25, -0.2) is 13.2 Å². The molecule has 0 atom stereocenters. The van der Waals surface area contributed by atoms with E-state index in [1.54, 1.807) is 0 Å². The number of primary amides is 1. The number of nitrogens with two attached hydrogens (primary N) is 1. The maximum absolute atomic E-state index is 14.0. The topological polar surface area (TPSA) is 96.0 Å². The van der Waals surface area contributed by atoms with Gasteiger partial charge in [0.25, 0.3) is 11.8 Å². The van der Waals surface area contributed by atoms with Crippen LogP contribution in [0, 0.1) is 23.6 Å². The van der Waals surface area contributed by atoms with E-state index in [9.17, 15) is 22.8 Å². The van der Waals surface area contributed by atoms with Gasteiger partial charge in [-0.3, -0.25) is 9.59 Å². The smallest absolute Gasteiger partial charge is 0.253 e. The molecule has 0 aliphatic heterocycles. The monoisotopic (exact) mass is 338 g/mol. The molecule has 3 N–H and O–H groups in total. The predicted molar refractivity (Wildman–Crippen MR) is 78.2 cm³/mol. The Hall–Kier alpha value is -2.56. The molecule has 0 spiro atoms. The molecule has 1 aliphatic carbocycles. The second kappa shape index (κ2) is 6.51. The summed E-state index contributed by atoms with van der Waals surface area (Å²) in [6.07, 6.45) is -0.170. The van der Waals surface area contributed by atoms with E-state index in [-0.39, 0.29) is 5.56 Å². The Morgan fingerprint density at radius 1 is 1.42 bits per heavy atom. The third-order valence-corrected chi connectivity index (χ3v) is 3.71. The van der Waals surface area contributed by atoms with E-state index >= 15 is 0 Å². The first-order valence-electron chi connectivity index (χ1n) is 7.20. The van der Waals surface area contributed by atoms with E-state index < -0.39 is 47.5 Å². The zero-order chi connectivity index (χ0) is 18.0. The Bertz CT molecular complexity index is 709. The van der Waals surface area contributed by atoms with Crippen LogP contribution in [0.2, 0.25) is 0 Å². The SMILES string of the molecule is N#CC1(NC(=O)[CH]CC(F)(F)Cc2cccc(C(N)=O)c2F)CC1. The fraction of sp³-hybridized carbons (Fsp3) is 0.375. The van der Waals surface area contributed by atoms with E-state index in [4.69, 9.17) is 11.0 Å². The Morgan fingerprint density at radius 2 is 2.08 bits per heavy atom. The summed E-state index contributed by atoms with van der Waals surface area (Å²) in [7, 11) is 0. The lowest BCUT2D eigenvalue weighted by Gasteiger charge is -2.17. The Kier molecular flexibility index (Phi) is 4.83. The van der Waals surface area contributed by atoms with Crippen LogP contribution in [0.3, 0.4) is 0 Å². The molecule has 1 aromatic carbocycles. The van der Waals surface area contributed by atoms with Gasteiger partial charge in [-0.15, -0.1) is 0 Å². The molecule has 1 radical (unpaired) electrons. The van der Waals surface area contributed by atoms with Crippen molar-refractivity contribution in [2.24, 2.45) is 5.73 Å². The summed E-state index contributed by atoms with van der Waals surface area (Å²) < 4.78 is 41.9. The molecule has 0 bridgehead atoms. The number of nitrogens with zero attached hydrogens (tertiary/aromatic N) is 1. The number of nitrogens with one attached hydrogen (secondary N) is 1. The minimum Gasteiger partial charge on any atom is -0.366 e. The normalized spacial score (nSPS) is 15.4. The maximum Gasteiger partial charge on any atom is 0.253 e. The molecule has 1 aromatic rings. The second-order valence-electron chi connectivity index (χ2n) is 5.77. The van der Waals surface area contributed by atoms with Crippen molar-refractivity contribution in [3.05, 3.63) is 41.6 Å². The summed E-state index contributed by atoms with van der Waals surface area (Å²) in [5, 5.41) is 11.2. The number of amides is 2. The van der Waals surface area contributed by atoms with Gasteiger partial charge in [-0.1, -0.05) is 12.1 Å². The van der Waals surface area contributed by atoms with Crippen molar-refractivity contribution in [1.29, 1.82) is 5.26 Å². The summed E-state index contributed by atoms with van der Waals surface area (Å²) in [6, 6.07) is 5.41. The van der Waals surface area contributed by atoms with Gasteiger partial charge in [0.1, 0.15) is 11.4 Å². The predicted octanol–water partition coefficient (Wildman–Crippen LogP) is 1.87. The minimum atomic E-state index is -3.39.